The molecule has 7 aromatic heterocycles. The number of rotatable bonds is 7. The van der Waals surface area contributed by atoms with Gasteiger partial charge in [0.15, 0.2) is 0 Å². The second-order valence-corrected chi connectivity index (χ2v) is 19.8. The highest BCUT2D eigenvalue weighted by molar-refractivity contribution is 6.31. The molecule has 0 radical (unpaired) electrons. The molecule has 8 nitrogen and oxygen atoms in total. The number of fused-ring (bicyclic) bond motifs is 14. The zero-order valence-corrected chi connectivity index (χ0v) is 41.8. The van der Waals surface area contributed by atoms with Gasteiger partial charge in [0.2, 0.25) is 0 Å². The Balaban J connectivity index is 1.15. The SMILES string of the molecule is N#Cc1c(-n2c3ccccc3c3c4c5ccccc5n(-c5ccccc5)c4ccc32)c(-c2cccnc2)c(-c2cccnc2)c(-c2cccnc2)c1-n1c2ccccc2c2c3c4ccccc4n(-c4ccccc4)c3ccc21. The van der Waals surface area contributed by atoms with Crippen molar-refractivity contribution >= 4 is 87.2 Å². The first-order chi connectivity index (χ1) is 38.8. The van der Waals surface area contributed by atoms with E-state index in [0.717, 1.165) is 143 Å². The summed E-state index contributed by atoms with van der Waals surface area (Å²) in [4.78, 5) is 14.4. The third-order valence-electron chi connectivity index (χ3n) is 15.8. The molecule has 0 aliphatic rings. The molecule has 0 unspecified atom stereocenters. The van der Waals surface area contributed by atoms with Gasteiger partial charge in [-0.1, -0.05) is 127 Å². The molecule has 78 heavy (non-hydrogen) atoms. The van der Waals surface area contributed by atoms with Crippen LogP contribution in [-0.4, -0.2) is 33.2 Å². The predicted octanol–water partition coefficient (Wildman–Crippen LogP) is 17.1. The van der Waals surface area contributed by atoms with Crippen molar-refractivity contribution in [1.82, 2.24) is 33.2 Å². The van der Waals surface area contributed by atoms with Crippen molar-refractivity contribution in [3.05, 3.63) is 261 Å². The third kappa shape index (κ3) is 6.12. The fraction of sp³-hybridized carbons (Fsp3) is 0. The van der Waals surface area contributed by atoms with E-state index < -0.39 is 0 Å². The highest BCUT2D eigenvalue weighted by Gasteiger charge is 2.33. The fourth-order valence-electron chi connectivity index (χ4n) is 12.9. The van der Waals surface area contributed by atoms with Gasteiger partial charge >= 0.3 is 0 Å². The fourth-order valence-corrected chi connectivity index (χ4v) is 12.9. The largest absolute Gasteiger partial charge is 0.309 e. The third-order valence-corrected chi connectivity index (χ3v) is 15.8. The topological polar surface area (TPSA) is 82.2 Å². The summed E-state index contributed by atoms with van der Waals surface area (Å²) in [6.45, 7) is 0. The lowest BCUT2D eigenvalue weighted by Crippen LogP contribution is -2.11. The van der Waals surface area contributed by atoms with E-state index in [4.69, 9.17) is 15.0 Å². The van der Waals surface area contributed by atoms with Crippen LogP contribution in [0.4, 0.5) is 0 Å². The predicted molar refractivity (Wildman–Crippen MR) is 318 cm³/mol. The van der Waals surface area contributed by atoms with Gasteiger partial charge < -0.3 is 18.3 Å². The van der Waals surface area contributed by atoms with Crippen LogP contribution in [0.5, 0.6) is 0 Å². The minimum atomic E-state index is 0.490. The zero-order valence-electron chi connectivity index (χ0n) is 41.8. The van der Waals surface area contributed by atoms with E-state index in [9.17, 15) is 5.26 Å². The maximum absolute atomic E-state index is 12.6. The Labute approximate surface area is 446 Å². The van der Waals surface area contributed by atoms with Crippen molar-refractivity contribution in [2.45, 2.75) is 0 Å². The van der Waals surface area contributed by atoms with Crippen LogP contribution in [0.3, 0.4) is 0 Å². The van der Waals surface area contributed by atoms with Gasteiger partial charge in [-0.05, 0) is 91.0 Å². The van der Waals surface area contributed by atoms with Crippen molar-refractivity contribution in [1.29, 1.82) is 5.26 Å². The second kappa shape index (κ2) is 17.1. The first kappa shape index (κ1) is 43.5. The number of pyridine rings is 3. The van der Waals surface area contributed by atoms with Crippen LogP contribution < -0.4 is 0 Å². The number of hydrogen-bond donors (Lipinski definition) is 0. The molecule has 7 heterocycles. The summed E-state index contributed by atoms with van der Waals surface area (Å²) in [7, 11) is 0. The number of benzene rings is 9. The maximum Gasteiger partial charge on any atom is 0.104 e. The van der Waals surface area contributed by atoms with Gasteiger partial charge in [-0.15, -0.1) is 0 Å². The Morgan fingerprint density at radius 1 is 0.282 bits per heavy atom. The van der Waals surface area contributed by atoms with Crippen molar-refractivity contribution in [3.63, 3.8) is 0 Å². The Hall–Kier alpha value is -10.9. The second-order valence-electron chi connectivity index (χ2n) is 19.8. The summed E-state index contributed by atoms with van der Waals surface area (Å²) in [5, 5.41) is 21.6. The van der Waals surface area contributed by atoms with Gasteiger partial charge in [0.05, 0.1) is 55.5 Å². The highest BCUT2D eigenvalue weighted by atomic mass is 15.0. The Morgan fingerprint density at radius 2 is 0.590 bits per heavy atom. The zero-order chi connectivity index (χ0) is 51.4. The lowest BCUT2D eigenvalue weighted by atomic mass is 9.83. The monoisotopic (exact) mass is 994 g/mol. The number of aromatic nitrogens is 7. The molecule has 0 aliphatic carbocycles. The van der Waals surface area contributed by atoms with E-state index >= 15 is 0 Å². The molecule has 16 rings (SSSR count). The molecule has 0 saturated heterocycles. The average molecular weight is 995 g/mol. The van der Waals surface area contributed by atoms with Crippen molar-refractivity contribution in [2.24, 2.45) is 0 Å². The molecule has 0 fully saturated rings. The summed E-state index contributed by atoms with van der Waals surface area (Å²) < 4.78 is 9.46. The Bertz CT molecular complexity index is 4830. The summed E-state index contributed by atoms with van der Waals surface area (Å²) >= 11 is 0. The molecular formula is C70H42N8. The summed E-state index contributed by atoms with van der Waals surface area (Å²) in [6, 6.07) is 80.2. The van der Waals surface area contributed by atoms with E-state index in [2.05, 4.69) is 225 Å². The molecule has 0 bridgehead atoms. The molecule has 362 valence electrons. The molecule has 8 heteroatoms. The molecule has 0 aliphatic heterocycles. The summed E-state index contributed by atoms with van der Waals surface area (Å²) in [6.07, 6.45) is 11.2. The van der Waals surface area contributed by atoms with Gasteiger partial charge in [-0.25, -0.2) is 0 Å². The lowest BCUT2D eigenvalue weighted by Gasteiger charge is -2.27. The van der Waals surface area contributed by atoms with Crippen LogP contribution in [0.2, 0.25) is 0 Å². The minimum absolute atomic E-state index is 0.490. The smallest absolute Gasteiger partial charge is 0.104 e. The van der Waals surface area contributed by atoms with Crippen LogP contribution in [0, 0.1) is 11.3 Å². The van der Waals surface area contributed by atoms with Crippen LogP contribution in [-0.2, 0) is 0 Å². The van der Waals surface area contributed by atoms with Gasteiger partial charge in [0.25, 0.3) is 0 Å². The van der Waals surface area contributed by atoms with E-state index in [1.54, 1.807) is 0 Å². The highest BCUT2D eigenvalue weighted by Crippen LogP contribution is 2.53. The number of nitriles is 1. The Kier molecular flexibility index (Phi) is 9.53. The summed E-state index contributed by atoms with van der Waals surface area (Å²) in [5.74, 6) is 0. The molecule has 16 aromatic rings. The van der Waals surface area contributed by atoms with Gasteiger partial charge in [-0.3, -0.25) is 15.0 Å². The molecular weight excluding hydrogens is 953 g/mol. The van der Waals surface area contributed by atoms with Crippen LogP contribution in [0.1, 0.15) is 5.56 Å². The van der Waals surface area contributed by atoms with Gasteiger partial charge in [-0.2, -0.15) is 5.26 Å². The average Bonchev–Trinajstić information content (AvgIpc) is 4.02. The molecule has 9 aromatic carbocycles. The van der Waals surface area contributed by atoms with Crippen LogP contribution >= 0.6 is 0 Å². The van der Waals surface area contributed by atoms with Gasteiger partial charge in [0.1, 0.15) is 11.6 Å². The van der Waals surface area contributed by atoms with Gasteiger partial charge in [0, 0.05) is 125 Å². The normalized spacial score (nSPS) is 11.8. The van der Waals surface area contributed by atoms with E-state index in [0.29, 0.717) is 5.56 Å². The van der Waals surface area contributed by atoms with Crippen molar-refractivity contribution in [3.8, 4) is 62.2 Å². The van der Waals surface area contributed by atoms with E-state index in [1.165, 1.54) is 0 Å². The van der Waals surface area contributed by atoms with Crippen molar-refractivity contribution < 1.29 is 0 Å². The quantitative estimate of drug-likeness (QED) is 0.159. The minimum Gasteiger partial charge on any atom is -0.309 e. The number of hydrogen-bond acceptors (Lipinski definition) is 4. The lowest BCUT2D eigenvalue weighted by molar-refractivity contribution is 1.12. The molecule has 0 N–H and O–H groups in total. The van der Waals surface area contributed by atoms with E-state index in [1.807, 2.05) is 55.4 Å². The first-order valence-electron chi connectivity index (χ1n) is 26.1. The molecule has 0 saturated carbocycles. The summed E-state index contributed by atoms with van der Waals surface area (Å²) in [5.41, 5.74) is 17.6. The molecule has 0 amide bonds. The Morgan fingerprint density at radius 3 is 0.923 bits per heavy atom. The first-order valence-corrected chi connectivity index (χ1v) is 26.1. The molecule has 0 atom stereocenters. The van der Waals surface area contributed by atoms with Crippen LogP contribution in [0.25, 0.3) is 143 Å². The number of para-hydroxylation sites is 6. The van der Waals surface area contributed by atoms with E-state index in [-0.39, 0.29) is 0 Å². The van der Waals surface area contributed by atoms with Crippen molar-refractivity contribution in [2.75, 3.05) is 0 Å². The standard InChI is InChI=1S/C70H42N8/c71-40-53-69(77-56-31-13-9-27-51(56)67-60(77)35-33-58-65(67)49-25-7-11-29-54(49)75(58)47-21-3-1-4-22-47)63(45-19-16-38-73-42-45)62(44-18-15-37-72-41-44)64(46-20-17-39-74-43-46)70(53)78-57-32-14-10-28-52(57)68-61(78)36-34-59-66(68)50-26-8-12-30-55(50)76(59)48-23-5-2-6-24-48/h1-39,41-43H. The maximum atomic E-state index is 12.6. The number of nitrogens with zero attached hydrogens (tertiary/aromatic N) is 8. The van der Waals surface area contributed by atoms with Crippen LogP contribution in [0.15, 0.2) is 256 Å². The molecule has 0 spiro atoms.